The van der Waals surface area contributed by atoms with Crippen molar-refractivity contribution >= 4 is 15.4 Å². The Hall–Kier alpha value is -1.94. The zero-order valence-corrected chi connectivity index (χ0v) is 10.8. The van der Waals surface area contributed by atoms with Gasteiger partial charge in [-0.1, -0.05) is 36.4 Å². The Balaban J connectivity index is 2.39. The number of allylic oxidation sites excluding steroid dienone is 1. The third kappa shape index (κ3) is 2.84. The summed E-state index contributed by atoms with van der Waals surface area (Å²) < 4.78 is 24.2. The Labute approximate surface area is 107 Å². The standard InChI is InChI=1S/C14H13NO2S/c1-12(13-7-3-2-4-8-13)11-18(16,17)14-9-5-6-10-15-14/h2-11H,1H3/b12-11+. The summed E-state index contributed by atoms with van der Waals surface area (Å²) in [7, 11) is -3.48. The van der Waals surface area contributed by atoms with Gasteiger partial charge in [-0.2, -0.15) is 0 Å². The van der Waals surface area contributed by atoms with E-state index in [4.69, 9.17) is 0 Å². The summed E-state index contributed by atoms with van der Waals surface area (Å²) in [4.78, 5) is 3.86. The summed E-state index contributed by atoms with van der Waals surface area (Å²) in [6.07, 6.45) is 1.47. The van der Waals surface area contributed by atoms with Crippen LogP contribution in [0, 0.1) is 0 Å². The number of nitrogens with zero attached hydrogens (tertiary/aromatic N) is 1. The van der Waals surface area contributed by atoms with E-state index in [9.17, 15) is 8.42 Å². The molecule has 0 aliphatic heterocycles. The maximum absolute atomic E-state index is 12.1. The molecule has 0 aliphatic rings. The first-order chi connectivity index (χ1) is 8.59. The van der Waals surface area contributed by atoms with Crippen LogP contribution in [0.2, 0.25) is 0 Å². The average Bonchev–Trinajstić information content (AvgIpc) is 2.40. The summed E-state index contributed by atoms with van der Waals surface area (Å²) in [5, 5.41) is 1.32. The zero-order valence-electron chi connectivity index (χ0n) is 9.95. The molecule has 0 aliphatic carbocycles. The van der Waals surface area contributed by atoms with E-state index in [0.717, 1.165) is 5.56 Å². The second-order valence-electron chi connectivity index (χ2n) is 3.88. The minimum absolute atomic E-state index is 0.0697. The first kappa shape index (κ1) is 12.5. The molecule has 1 aromatic heterocycles. The molecule has 0 atom stereocenters. The van der Waals surface area contributed by atoms with E-state index in [-0.39, 0.29) is 5.03 Å². The Morgan fingerprint density at radius 2 is 1.72 bits per heavy atom. The van der Waals surface area contributed by atoms with Gasteiger partial charge in [-0.15, -0.1) is 0 Å². The van der Waals surface area contributed by atoms with E-state index in [2.05, 4.69) is 4.98 Å². The summed E-state index contributed by atoms with van der Waals surface area (Å²) >= 11 is 0. The van der Waals surface area contributed by atoms with Crippen molar-refractivity contribution in [1.82, 2.24) is 4.98 Å². The highest BCUT2D eigenvalue weighted by Gasteiger charge is 2.12. The molecule has 0 radical (unpaired) electrons. The molecule has 18 heavy (non-hydrogen) atoms. The van der Waals surface area contributed by atoms with Crippen molar-refractivity contribution in [2.75, 3.05) is 0 Å². The Morgan fingerprint density at radius 1 is 1.06 bits per heavy atom. The van der Waals surface area contributed by atoms with Crippen molar-refractivity contribution in [1.29, 1.82) is 0 Å². The van der Waals surface area contributed by atoms with Gasteiger partial charge in [0.05, 0.1) is 0 Å². The van der Waals surface area contributed by atoms with Crippen LogP contribution in [0.25, 0.3) is 5.57 Å². The normalized spacial score (nSPS) is 12.4. The average molecular weight is 259 g/mol. The number of pyridine rings is 1. The van der Waals surface area contributed by atoms with Gasteiger partial charge in [-0.3, -0.25) is 0 Å². The van der Waals surface area contributed by atoms with Crippen LogP contribution >= 0.6 is 0 Å². The van der Waals surface area contributed by atoms with Gasteiger partial charge in [0.2, 0.25) is 9.84 Å². The van der Waals surface area contributed by atoms with Gasteiger partial charge in [0.15, 0.2) is 5.03 Å². The van der Waals surface area contributed by atoms with Crippen molar-refractivity contribution < 1.29 is 8.42 Å². The van der Waals surface area contributed by atoms with Crippen molar-refractivity contribution in [3.8, 4) is 0 Å². The fourth-order valence-corrected chi connectivity index (χ4v) is 2.78. The van der Waals surface area contributed by atoms with Crippen molar-refractivity contribution in [3.05, 3.63) is 65.7 Å². The molecule has 92 valence electrons. The number of benzene rings is 1. The van der Waals surface area contributed by atoms with Crippen LogP contribution in [0.15, 0.2) is 65.2 Å². The lowest BCUT2D eigenvalue weighted by Gasteiger charge is -2.02. The number of rotatable bonds is 3. The number of hydrogen-bond donors (Lipinski definition) is 0. The fourth-order valence-electron chi connectivity index (χ4n) is 1.58. The highest BCUT2D eigenvalue weighted by atomic mass is 32.2. The van der Waals surface area contributed by atoms with Crippen LogP contribution in [0.3, 0.4) is 0 Å². The van der Waals surface area contributed by atoms with E-state index in [0.29, 0.717) is 5.57 Å². The van der Waals surface area contributed by atoms with Gasteiger partial charge in [-0.05, 0) is 30.2 Å². The Kier molecular flexibility index (Phi) is 3.58. The van der Waals surface area contributed by atoms with E-state index in [1.165, 1.54) is 17.7 Å². The van der Waals surface area contributed by atoms with Crippen LogP contribution in [0.1, 0.15) is 12.5 Å². The predicted molar refractivity (Wildman–Crippen MR) is 71.5 cm³/mol. The van der Waals surface area contributed by atoms with Crippen molar-refractivity contribution in [2.24, 2.45) is 0 Å². The molecule has 0 saturated carbocycles. The monoisotopic (exact) mass is 259 g/mol. The Bertz CT molecular complexity index is 647. The molecule has 1 heterocycles. The molecule has 0 amide bonds. The van der Waals surface area contributed by atoms with Gasteiger partial charge >= 0.3 is 0 Å². The highest BCUT2D eigenvalue weighted by molar-refractivity contribution is 7.94. The molecule has 2 rings (SSSR count). The van der Waals surface area contributed by atoms with Crippen LogP contribution in [-0.2, 0) is 9.84 Å². The third-order valence-electron chi connectivity index (χ3n) is 2.49. The molecule has 3 nitrogen and oxygen atoms in total. The highest BCUT2D eigenvalue weighted by Crippen LogP contribution is 2.17. The van der Waals surface area contributed by atoms with E-state index < -0.39 is 9.84 Å². The molecule has 0 N–H and O–H groups in total. The lowest BCUT2D eigenvalue weighted by molar-refractivity contribution is 0.601. The van der Waals surface area contributed by atoms with Gasteiger partial charge < -0.3 is 0 Å². The molecule has 0 unspecified atom stereocenters. The maximum atomic E-state index is 12.1. The number of aromatic nitrogens is 1. The van der Waals surface area contributed by atoms with Gasteiger partial charge in [-0.25, -0.2) is 13.4 Å². The lowest BCUT2D eigenvalue weighted by Crippen LogP contribution is -1.99. The summed E-state index contributed by atoms with van der Waals surface area (Å²) in [6.45, 7) is 1.77. The molecular formula is C14H13NO2S. The Morgan fingerprint density at radius 3 is 2.33 bits per heavy atom. The SMILES string of the molecule is C/C(=C\S(=O)(=O)c1ccccn1)c1ccccc1. The van der Waals surface area contributed by atoms with Gasteiger partial charge in [0.1, 0.15) is 0 Å². The van der Waals surface area contributed by atoms with Crippen molar-refractivity contribution in [3.63, 3.8) is 0 Å². The van der Waals surface area contributed by atoms with Crippen LogP contribution in [-0.4, -0.2) is 13.4 Å². The summed E-state index contributed by atoms with van der Waals surface area (Å²) in [5.74, 6) is 0. The molecule has 0 saturated heterocycles. The molecule has 0 spiro atoms. The second kappa shape index (κ2) is 5.14. The van der Waals surface area contributed by atoms with E-state index in [1.807, 2.05) is 30.3 Å². The van der Waals surface area contributed by atoms with Crippen LogP contribution in [0.4, 0.5) is 0 Å². The minimum Gasteiger partial charge on any atom is -0.244 e. The number of hydrogen-bond acceptors (Lipinski definition) is 3. The molecule has 0 bridgehead atoms. The van der Waals surface area contributed by atoms with Crippen molar-refractivity contribution in [2.45, 2.75) is 11.9 Å². The largest absolute Gasteiger partial charge is 0.244 e. The molecular weight excluding hydrogens is 246 g/mol. The summed E-state index contributed by atoms with van der Waals surface area (Å²) in [5.41, 5.74) is 1.58. The third-order valence-corrected chi connectivity index (χ3v) is 3.98. The smallest absolute Gasteiger partial charge is 0.217 e. The van der Waals surface area contributed by atoms with Crippen LogP contribution in [0.5, 0.6) is 0 Å². The minimum atomic E-state index is -3.48. The molecule has 4 heteroatoms. The zero-order chi connectivity index (χ0) is 13.0. The van der Waals surface area contributed by atoms with E-state index >= 15 is 0 Å². The maximum Gasteiger partial charge on any atom is 0.217 e. The van der Waals surface area contributed by atoms with E-state index in [1.54, 1.807) is 19.1 Å². The topological polar surface area (TPSA) is 47.0 Å². The fraction of sp³-hybridized carbons (Fsp3) is 0.0714. The summed E-state index contributed by atoms with van der Waals surface area (Å²) in [6, 6.07) is 14.2. The lowest BCUT2D eigenvalue weighted by atomic mass is 10.1. The number of sulfone groups is 1. The van der Waals surface area contributed by atoms with Gasteiger partial charge in [0.25, 0.3) is 0 Å². The predicted octanol–water partition coefficient (Wildman–Crippen LogP) is 2.92. The molecule has 2 aromatic rings. The molecule has 1 aromatic carbocycles. The van der Waals surface area contributed by atoms with Gasteiger partial charge in [0, 0.05) is 11.6 Å². The first-order valence-electron chi connectivity index (χ1n) is 5.49. The molecule has 0 fully saturated rings. The quantitative estimate of drug-likeness (QED) is 0.851. The first-order valence-corrected chi connectivity index (χ1v) is 7.04. The second-order valence-corrected chi connectivity index (χ2v) is 5.62. The van der Waals surface area contributed by atoms with Crippen LogP contribution < -0.4 is 0 Å².